The summed E-state index contributed by atoms with van der Waals surface area (Å²) in [6.45, 7) is 1.80. The maximum atomic E-state index is 13.1. The summed E-state index contributed by atoms with van der Waals surface area (Å²) >= 11 is 0. The van der Waals surface area contributed by atoms with E-state index in [0.717, 1.165) is 30.0 Å². The van der Waals surface area contributed by atoms with E-state index < -0.39 is 0 Å². The van der Waals surface area contributed by atoms with Crippen LogP contribution in [0.4, 0.5) is 4.39 Å². The normalized spacial score (nSPS) is 13.0. The fourth-order valence-electron chi connectivity index (χ4n) is 3.66. The number of ketones is 1. The van der Waals surface area contributed by atoms with Gasteiger partial charge in [0.2, 0.25) is 0 Å². The molecule has 2 aromatic carbocycles. The minimum atomic E-state index is -0.387. The Kier molecular flexibility index (Phi) is 6.93. The van der Waals surface area contributed by atoms with Crippen LogP contribution >= 0.6 is 12.4 Å². The summed E-state index contributed by atoms with van der Waals surface area (Å²) in [6, 6.07) is 14.1. The maximum absolute atomic E-state index is 13.1. The Morgan fingerprint density at radius 1 is 1.00 bits per heavy atom. The van der Waals surface area contributed by atoms with Crippen LogP contribution in [-0.2, 0) is 19.5 Å². The first-order chi connectivity index (χ1) is 14.4. The smallest absolute Gasteiger partial charge is 0.254 e. The molecule has 1 amide bonds. The van der Waals surface area contributed by atoms with E-state index in [4.69, 9.17) is 4.42 Å². The van der Waals surface area contributed by atoms with Crippen LogP contribution < -0.4 is 0 Å². The number of fused-ring (bicyclic) bond motifs is 1. The molecule has 0 radical (unpaired) electrons. The zero-order valence-electron chi connectivity index (χ0n) is 17.4. The summed E-state index contributed by atoms with van der Waals surface area (Å²) in [7, 11) is 3.98. The Hall–Kier alpha value is -2.96. The van der Waals surface area contributed by atoms with Crippen molar-refractivity contribution in [3.05, 3.63) is 94.2 Å². The fourth-order valence-corrected chi connectivity index (χ4v) is 3.66. The minimum absolute atomic E-state index is 0. The van der Waals surface area contributed by atoms with Crippen molar-refractivity contribution >= 4 is 24.1 Å². The van der Waals surface area contributed by atoms with Crippen LogP contribution in [0.3, 0.4) is 0 Å². The summed E-state index contributed by atoms with van der Waals surface area (Å²) in [4.78, 5) is 29.3. The lowest BCUT2D eigenvalue weighted by atomic mass is 10.0. The van der Waals surface area contributed by atoms with E-state index in [0.29, 0.717) is 29.8 Å². The van der Waals surface area contributed by atoms with Crippen LogP contribution in [0.25, 0.3) is 0 Å². The second-order valence-electron chi connectivity index (χ2n) is 7.79. The molecule has 4 rings (SSSR count). The third-order valence-electron chi connectivity index (χ3n) is 5.19. The largest absolute Gasteiger partial charge is 0.463 e. The minimum Gasteiger partial charge on any atom is -0.463 e. The van der Waals surface area contributed by atoms with Gasteiger partial charge in [0, 0.05) is 23.2 Å². The summed E-state index contributed by atoms with van der Waals surface area (Å²) < 4.78 is 19.0. The van der Waals surface area contributed by atoms with Gasteiger partial charge in [-0.15, -0.1) is 12.4 Å². The predicted molar refractivity (Wildman–Crippen MR) is 118 cm³/mol. The summed E-state index contributed by atoms with van der Waals surface area (Å²) in [5.41, 5.74) is 2.55. The first kappa shape index (κ1) is 22.7. The number of carbonyl (C=O) groups is 2. The lowest BCUT2D eigenvalue weighted by Gasteiger charge is -2.26. The third-order valence-corrected chi connectivity index (χ3v) is 5.19. The van der Waals surface area contributed by atoms with Gasteiger partial charge >= 0.3 is 0 Å². The average Bonchev–Trinajstić information content (AvgIpc) is 3.14. The van der Waals surface area contributed by atoms with Gasteiger partial charge in [0.25, 0.3) is 5.91 Å². The van der Waals surface area contributed by atoms with Gasteiger partial charge in [-0.2, -0.15) is 0 Å². The van der Waals surface area contributed by atoms with Crippen LogP contribution in [0.2, 0.25) is 0 Å². The molecule has 0 saturated carbocycles. The molecule has 2 heterocycles. The number of hydrogen-bond acceptors (Lipinski definition) is 4. The van der Waals surface area contributed by atoms with Gasteiger partial charge in [0.15, 0.2) is 5.78 Å². The standard InChI is InChI=1S/C24H23FN2O3.ClH/c1-26(2)14-21-13-19-11-12-27(15-22(19)30-21)24(29)18-5-3-16(4-6-18)23(28)17-7-9-20(25)10-8-17;/h3-10,13H,11-12,14-15H2,1-2H3;1H. The summed E-state index contributed by atoms with van der Waals surface area (Å²) in [5, 5.41) is 0. The van der Waals surface area contributed by atoms with E-state index in [9.17, 15) is 14.0 Å². The highest BCUT2D eigenvalue weighted by Crippen LogP contribution is 2.25. The average molecular weight is 443 g/mol. The van der Waals surface area contributed by atoms with E-state index in [1.807, 2.05) is 19.0 Å². The van der Waals surface area contributed by atoms with Gasteiger partial charge in [-0.05, 0) is 68.5 Å². The zero-order chi connectivity index (χ0) is 21.3. The van der Waals surface area contributed by atoms with Gasteiger partial charge in [0.05, 0.1) is 13.1 Å². The molecular weight excluding hydrogens is 419 g/mol. The molecule has 1 aliphatic rings. The van der Waals surface area contributed by atoms with Gasteiger partial charge < -0.3 is 14.2 Å². The molecular formula is C24H24ClFN2O3. The first-order valence-corrected chi connectivity index (χ1v) is 9.85. The van der Waals surface area contributed by atoms with Gasteiger partial charge in [-0.1, -0.05) is 12.1 Å². The highest BCUT2D eigenvalue weighted by Gasteiger charge is 2.25. The number of nitrogens with zero attached hydrogens (tertiary/aromatic N) is 2. The predicted octanol–water partition coefficient (Wildman–Crippen LogP) is 4.33. The van der Waals surface area contributed by atoms with Crippen LogP contribution in [0, 0.1) is 5.82 Å². The molecule has 0 atom stereocenters. The van der Waals surface area contributed by atoms with E-state index in [1.165, 1.54) is 24.3 Å². The van der Waals surface area contributed by atoms with E-state index in [2.05, 4.69) is 6.07 Å². The molecule has 7 heteroatoms. The third kappa shape index (κ3) is 5.03. The molecule has 5 nitrogen and oxygen atoms in total. The van der Waals surface area contributed by atoms with Crippen LogP contribution in [0.1, 0.15) is 43.4 Å². The fraction of sp³-hybridized carbons (Fsp3) is 0.250. The van der Waals surface area contributed by atoms with Crippen molar-refractivity contribution in [3.63, 3.8) is 0 Å². The maximum Gasteiger partial charge on any atom is 0.254 e. The van der Waals surface area contributed by atoms with Gasteiger partial charge in [-0.3, -0.25) is 9.59 Å². The number of halogens is 2. The van der Waals surface area contributed by atoms with Gasteiger partial charge in [-0.25, -0.2) is 4.39 Å². The van der Waals surface area contributed by atoms with E-state index in [1.54, 1.807) is 29.2 Å². The second kappa shape index (κ2) is 9.45. The van der Waals surface area contributed by atoms with Crippen molar-refractivity contribution in [2.24, 2.45) is 0 Å². The number of furan rings is 1. The van der Waals surface area contributed by atoms with Crippen molar-refractivity contribution in [2.45, 2.75) is 19.5 Å². The molecule has 1 aromatic heterocycles. The molecule has 162 valence electrons. The zero-order valence-corrected chi connectivity index (χ0v) is 18.2. The van der Waals surface area contributed by atoms with Crippen molar-refractivity contribution < 1.29 is 18.4 Å². The van der Waals surface area contributed by atoms with Crippen LogP contribution in [-0.4, -0.2) is 42.1 Å². The topological polar surface area (TPSA) is 53.8 Å². The van der Waals surface area contributed by atoms with Crippen molar-refractivity contribution in [2.75, 3.05) is 20.6 Å². The number of rotatable bonds is 5. The van der Waals surface area contributed by atoms with E-state index >= 15 is 0 Å². The summed E-state index contributed by atoms with van der Waals surface area (Å²) in [5.74, 6) is 1.06. The number of hydrogen-bond donors (Lipinski definition) is 0. The lowest BCUT2D eigenvalue weighted by Crippen LogP contribution is -2.35. The Morgan fingerprint density at radius 3 is 2.19 bits per heavy atom. The van der Waals surface area contributed by atoms with E-state index in [-0.39, 0.29) is 29.9 Å². The van der Waals surface area contributed by atoms with Crippen molar-refractivity contribution in [3.8, 4) is 0 Å². The highest BCUT2D eigenvalue weighted by atomic mass is 35.5. The second-order valence-corrected chi connectivity index (χ2v) is 7.79. The molecule has 3 aromatic rings. The molecule has 0 bridgehead atoms. The molecule has 0 unspecified atom stereocenters. The molecule has 0 saturated heterocycles. The monoisotopic (exact) mass is 442 g/mol. The molecule has 0 fully saturated rings. The van der Waals surface area contributed by atoms with Crippen molar-refractivity contribution in [1.29, 1.82) is 0 Å². The molecule has 0 spiro atoms. The summed E-state index contributed by atoms with van der Waals surface area (Å²) in [6.07, 6.45) is 0.763. The Balaban J connectivity index is 0.00000272. The van der Waals surface area contributed by atoms with Crippen LogP contribution in [0.15, 0.2) is 59.0 Å². The first-order valence-electron chi connectivity index (χ1n) is 9.85. The van der Waals surface area contributed by atoms with Gasteiger partial charge in [0.1, 0.15) is 17.3 Å². The molecule has 0 aliphatic carbocycles. The van der Waals surface area contributed by atoms with Crippen LogP contribution in [0.5, 0.6) is 0 Å². The molecule has 1 aliphatic heterocycles. The SMILES string of the molecule is CN(C)Cc1cc2c(o1)CN(C(=O)c1ccc(C(=O)c3ccc(F)cc3)cc1)CC2.Cl. The Bertz CT molecular complexity index is 1080. The molecule has 31 heavy (non-hydrogen) atoms. The lowest BCUT2D eigenvalue weighted by molar-refractivity contribution is 0.0718. The number of benzene rings is 2. The molecule has 0 N–H and O–H groups in total. The van der Waals surface area contributed by atoms with Crippen molar-refractivity contribution in [1.82, 2.24) is 9.80 Å². The highest BCUT2D eigenvalue weighted by molar-refractivity contribution is 6.09. The Labute approximate surface area is 186 Å². The number of carbonyl (C=O) groups excluding carboxylic acids is 2. The quantitative estimate of drug-likeness (QED) is 0.552. The number of amides is 1. The Morgan fingerprint density at radius 2 is 1.58 bits per heavy atom.